The van der Waals surface area contributed by atoms with Gasteiger partial charge in [0.1, 0.15) is 6.61 Å². The number of nitrogens with zero attached hydrogens (tertiary/aromatic N) is 2. The molecule has 4 heterocycles. The summed E-state index contributed by atoms with van der Waals surface area (Å²) in [5, 5.41) is 2.64. The summed E-state index contributed by atoms with van der Waals surface area (Å²) in [4.78, 5) is 28.0. The highest BCUT2D eigenvalue weighted by atomic mass is 16.9. The van der Waals surface area contributed by atoms with Crippen LogP contribution in [0.2, 0.25) is 0 Å². The van der Waals surface area contributed by atoms with Gasteiger partial charge in [-0.3, -0.25) is 14.5 Å². The summed E-state index contributed by atoms with van der Waals surface area (Å²) in [6, 6.07) is 0. The van der Waals surface area contributed by atoms with Crippen LogP contribution in [-0.4, -0.2) is 99.4 Å². The predicted octanol–water partition coefficient (Wildman–Crippen LogP) is 1.17. The third-order valence-electron chi connectivity index (χ3n) is 8.24. The Morgan fingerprint density at radius 3 is 2.50 bits per heavy atom. The van der Waals surface area contributed by atoms with Crippen molar-refractivity contribution in [2.45, 2.75) is 51.5 Å². The number of nitrogens with two attached hydrogens (primary N) is 1. The minimum absolute atomic E-state index is 0.0549. The molecule has 5 aliphatic rings. The molecule has 0 aromatic heterocycles. The molecule has 2 amide bonds. The predicted molar refractivity (Wildman–Crippen MR) is 122 cm³/mol. The molecule has 194 valence electrons. The zero-order chi connectivity index (χ0) is 24.5. The van der Waals surface area contributed by atoms with Crippen LogP contribution in [0.15, 0.2) is 0 Å². The summed E-state index contributed by atoms with van der Waals surface area (Å²) in [6.07, 6.45) is 0.140. The maximum Gasteiger partial charge on any atom is 0.408 e. The normalized spacial score (nSPS) is 39.7. The molecule has 3 N–H and O–H groups in total. The highest BCUT2D eigenvalue weighted by Gasteiger charge is 2.75. The Hall–Kier alpha value is -1.66. The van der Waals surface area contributed by atoms with Gasteiger partial charge >= 0.3 is 18.2 Å². The molecular formula is C23H40N4O7. The van der Waals surface area contributed by atoms with E-state index in [9.17, 15) is 9.59 Å². The number of fused-ring (bicyclic) bond motifs is 1. The molecule has 4 bridgehead atoms. The zero-order valence-electron chi connectivity index (χ0n) is 20.8. The van der Waals surface area contributed by atoms with Crippen molar-refractivity contribution >= 4 is 12.2 Å². The first kappa shape index (κ1) is 25.4. The number of piperazine rings is 1. The van der Waals surface area contributed by atoms with Gasteiger partial charge in [-0.05, 0) is 25.2 Å². The van der Waals surface area contributed by atoms with Crippen LogP contribution in [0.5, 0.6) is 0 Å². The molecular weight excluding hydrogens is 444 g/mol. The van der Waals surface area contributed by atoms with Gasteiger partial charge in [-0.15, -0.1) is 0 Å². The van der Waals surface area contributed by atoms with Gasteiger partial charge in [0, 0.05) is 58.8 Å². The van der Waals surface area contributed by atoms with E-state index in [1.807, 2.05) is 13.8 Å². The van der Waals surface area contributed by atoms with E-state index in [-0.39, 0.29) is 23.8 Å². The summed E-state index contributed by atoms with van der Waals surface area (Å²) in [5.41, 5.74) is 4.90. The number of rotatable bonds is 9. The molecule has 5 rings (SSSR count). The Kier molecular flexibility index (Phi) is 7.58. The van der Waals surface area contributed by atoms with Crippen molar-refractivity contribution in [3.63, 3.8) is 0 Å². The van der Waals surface area contributed by atoms with E-state index >= 15 is 0 Å². The molecule has 1 aliphatic carbocycles. The maximum absolute atomic E-state index is 11.8. The van der Waals surface area contributed by atoms with Crippen LogP contribution in [-0.2, 0) is 23.7 Å². The van der Waals surface area contributed by atoms with Crippen molar-refractivity contribution in [2.75, 3.05) is 59.5 Å². The summed E-state index contributed by atoms with van der Waals surface area (Å²) in [7, 11) is 1.63. The summed E-state index contributed by atoms with van der Waals surface area (Å²) in [5.74, 6) is -1.05. The number of alkyl carbamates (subject to hydrolysis) is 1. The van der Waals surface area contributed by atoms with Gasteiger partial charge in [0.2, 0.25) is 0 Å². The number of carbonyl (C=O) groups excluding carboxylic acids is 2. The first-order chi connectivity index (χ1) is 16.3. The fourth-order valence-electron chi connectivity index (χ4n) is 6.63. The van der Waals surface area contributed by atoms with Crippen LogP contribution < -0.4 is 11.1 Å². The Bertz CT molecular complexity index is 749. The lowest BCUT2D eigenvalue weighted by atomic mass is 9.71. The molecule has 0 radical (unpaired) electrons. The molecule has 0 aromatic rings. The Balaban J connectivity index is 1.43. The quantitative estimate of drug-likeness (QED) is 0.496. The molecule has 4 aliphatic heterocycles. The van der Waals surface area contributed by atoms with Crippen LogP contribution in [0, 0.1) is 23.7 Å². The second-order valence-corrected chi connectivity index (χ2v) is 9.91. The fraction of sp³-hybridized carbons (Fsp3) is 0.913. The van der Waals surface area contributed by atoms with Gasteiger partial charge in [-0.2, -0.15) is 0 Å². The number of nitrogens with one attached hydrogen (secondary N) is 1. The molecule has 11 heteroatoms. The van der Waals surface area contributed by atoms with E-state index in [2.05, 4.69) is 22.0 Å². The van der Waals surface area contributed by atoms with Crippen molar-refractivity contribution in [1.82, 2.24) is 15.1 Å². The minimum Gasteiger partial charge on any atom is -0.448 e. The average Bonchev–Trinajstić information content (AvgIpc) is 3.08. The molecule has 5 fully saturated rings. The van der Waals surface area contributed by atoms with Crippen molar-refractivity contribution in [3.8, 4) is 0 Å². The fourth-order valence-corrected chi connectivity index (χ4v) is 6.63. The van der Waals surface area contributed by atoms with E-state index in [1.54, 1.807) is 7.11 Å². The third-order valence-corrected chi connectivity index (χ3v) is 8.24. The van der Waals surface area contributed by atoms with Crippen molar-refractivity contribution < 1.29 is 33.3 Å². The van der Waals surface area contributed by atoms with Gasteiger partial charge in [0.15, 0.2) is 6.29 Å². The third kappa shape index (κ3) is 4.48. The lowest BCUT2D eigenvalue weighted by molar-refractivity contribution is -0.523. The van der Waals surface area contributed by atoms with E-state index < -0.39 is 24.0 Å². The maximum atomic E-state index is 11.8. The molecule has 4 saturated heterocycles. The first-order valence-corrected chi connectivity index (χ1v) is 12.5. The molecule has 0 aromatic carbocycles. The average molecular weight is 485 g/mol. The van der Waals surface area contributed by atoms with Crippen LogP contribution >= 0.6 is 0 Å². The van der Waals surface area contributed by atoms with E-state index in [1.165, 1.54) is 0 Å². The van der Waals surface area contributed by atoms with E-state index in [0.29, 0.717) is 25.6 Å². The number of hydrogen-bond donors (Lipinski definition) is 2. The summed E-state index contributed by atoms with van der Waals surface area (Å²) in [6.45, 7) is 11.9. The van der Waals surface area contributed by atoms with Crippen LogP contribution in [0.25, 0.3) is 0 Å². The SMILES string of the molecule is CCNC(=O)OCCN1CCN(CC23OC4(OC(N)=O)OC(OC)C2C(CC3CC)C4C)CC1. The molecule has 7 atom stereocenters. The molecule has 34 heavy (non-hydrogen) atoms. The lowest BCUT2D eigenvalue weighted by Crippen LogP contribution is -2.73. The number of ether oxygens (including phenoxy) is 5. The van der Waals surface area contributed by atoms with Crippen molar-refractivity contribution in [1.29, 1.82) is 0 Å². The summed E-state index contributed by atoms with van der Waals surface area (Å²) >= 11 is 0. The molecule has 7 unspecified atom stereocenters. The van der Waals surface area contributed by atoms with E-state index in [0.717, 1.165) is 45.6 Å². The topological polar surface area (TPSA) is 125 Å². The highest BCUT2D eigenvalue weighted by molar-refractivity contribution is 5.67. The first-order valence-electron chi connectivity index (χ1n) is 12.5. The highest BCUT2D eigenvalue weighted by Crippen LogP contribution is 2.65. The number of primary amides is 1. The smallest absolute Gasteiger partial charge is 0.408 e. The van der Waals surface area contributed by atoms with Crippen LogP contribution in [0.3, 0.4) is 0 Å². The van der Waals surface area contributed by atoms with Crippen LogP contribution in [0.4, 0.5) is 9.59 Å². The van der Waals surface area contributed by atoms with E-state index in [4.69, 9.17) is 29.4 Å². The van der Waals surface area contributed by atoms with Gasteiger partial charge in [-0.1, -0.05) is 20.3 Å². The van der Waals surface area contributed by atoms with Gasteiger partial charge in [-0.25, -0.2) is 9.59 Å². The Labute approximate surface area is 201 Å². The number of hydrogen-bond acceptors (Lipinski definition) is 9. The monoisotopic (exact) mass is 484 g/mol. The largest absolute Gasteiger partial charge is 0.448 e. The number of methoxy groups -OCH3 is 1. The van der Waals surface area contributed by atoms with Gasteiger partial charge < -0.3 is 30.0 Å². The molecule has 1 saturated carbocycles. The molecule has 11 nitrogen and oxygen atoms in total. The standard InChI is InChI=1S/C23H40N4O7/c1-5-16-13-17-15(3)23(33-20(24)28)32-19(30-4)18(17)22(16,34-23)14-27-9-7-26(8-10-27)11-12-31-21(29)25-6-2/h15-19H,5-14H2,1-4H3,(H2,24,28)(H,25,29). The molecule has 0 spiro atoms. The second kappa shape index (κ2) is 10.1. The summed E-state index contributed by atoms with van der Waals surface area (Å²) < 4.78 is 29.3. The van der Waals surface area contributed by atoms with Gasteiger partial charge in [0.25, 0.3) is 0 Å². The lowest BCUT2D eigenvalue weighted by Gasteiger charge is -2.61. The van der Waals surface area contributed by atoms with Crippen LogP contribution in [0.1, 0.15) is 33.6 Å². The van der Waals surface area contributed by atoms with Crippen molar-refractivity contribution in [3.05, 3.63) is 0 Å². The number of amides is 2. The zero-order valence-corrected chi connectivity index (χ0v) is 20.8. The second-order valence-electron chi connectivity index (χ2n) is 9.91. The van der Waals surface area contributed by atoms with Gasteiger partial charge in [0.05, 0.1) is 11.5 Å². The Morgan fingerprint density at radius 1 is 1.18 bits per heavy atom. The minimum atomic E-state index is -1.52. The Morgan fingerprint density at radius 2 is 1.88 bits per heavy atom. The number of carbonyl (C=O) groups is 2. The van der Waals surface area contributed by atoms with Crippen molar-refractivity contribution in [2.24, 2.45) is 29.4 Å².